The number of nitrogens with zero attached hydrogens (tertiary/aromatic N) is 3. The van der Waals surface area contributed by atoms with Gasteiger partial charge in [-0.3, -0.25) is 4.99 Å². The van der Waals surface area contributed by atoms with Crippen LogP contribution < -0.4 is 5.32 Å². The zero-order valence-corrected chi connectivity index (χ0v) is 17.5. The molecule has 2 fully saturated rings. The van der Waals surface area contributed by atoms with Crippen molar-refractivity contribution in [2.75, 3.05) is 18.5 Å². The Bertz CT molecular complexity index is 1020. The zero-order chi connectivity index (χ0) is 20.9. The maximum absolute atomic E-state index is 15.0. The van der Waals surface area contributed by atoms with Crippen LogP contribution in [-0.2, 0) is 10.2 Å². The number of rotatable bonds is 3. The SMILES string of the molecule is CC1=Nc2c(F)cc(-c3nc(NC4CCOCC4O)ncc3Cl)cc2C12CCCC2. The van der Waals surface area contributed by atoms with E-state index in [4.69, 9.17) is 16.3 Å². The van der Waals surface area contributed by atoms with Gasteiger partial charge in [0.15, 0.2) is 0 Å². The highest BCUT2D eigenvalue weighted by molar-refractivity contribution is 6.33. The van der Waals surface area contributed by atoms with Gasteiger partial charge in [0.25, 0.3) is 0 Å². The summed E-state index contributed by atoms with van der Waals surface area (Å²) in [5.41, 5.74) is 3.30. The standard InChI is InChI=1S/C22H24ClFN4O2/c1-12-22(5-2-3-6-22)14-8-13(9-16(24)20(14)26-12)19-15(23)10-25-21(28-19)27-17-4-7-30-11-18(17)29/h8-10,17-18,29H,2-7,11H2,1H3,(H,25,27,28). The minimum Gasteiger partial charge on any atom is -0.389 e. The van der Waals surface area contributed by atoms with Crippen LogP contribution in [0.3, 0.4) is 0 Å². The van der Waals surface area contributed by atoms with Crippen LogP contribution in [0.25, 0.3) is 11.3 Å². The van der Waals surface area contributed by atoms with Crippen molar-refractivity contribution in [3.63, 3.8) is 0 Å². The van der Waals surface area contributed by atoms with E-state index in [9.17, 15) is 5.11 Å². The molecule has 2 unspecified atom stereocenters. The second kappa shape index (κ2) is 7.55. The van der Waals surface area contributed by atoms with Crippen molar-refractivity contribution in [3.05, 3.63) is 34.7 Å². The summed E-state index contributed by atoms with van der Waals surface area (Å²) in [6.45, 7) is 2.84. The van der Waals surface area contributed by atoms with Crippen molar-refractivity contribution in [1.29, 1.82) is 0 Å². The van der Waals surface area contributed by atoms with Gasteiger partial charge in [0.05, 0.1) is 35.7 Å². The zero-order valence-electron chi connectivity index (χ0n) is 16.8. The molecule has 3 heterocycles. The lowest BCUT2D eigenvalue weighted by molar-refractivity contribution is -0.0136. The maximum Gasteiger partial charge on any atom is 0.223 e. The van der Waals surface area contributed by atoms with E-state index >= 15 is 4.39 Å². The number of fused-ring (bicyclic) bond motifs is 2. The average molecular weight is 431 g/mol. The molecule has 0 radical (unpaired) electrons. The lowest BCUT2D eigenvalue weighted by Gasteiger charge is -2.28. The molecule has 2 aliphatic heterocycles. The van der Waals surface area contributed by atoms with E-state index < -0.39 is 6.10 Å². The Morgan fingerprint density at radius 3 is 2.87 bits per heavy atom. The van der Waals surface area contributed by atoms with Gasteiger partial charge in [-0.2, -0.15) is 0 Å². The first-order valence-corrected chi connectivity index (χ1v) is 10.8. The van der Waals surface area contributed by atoms with Gasteiger partial charge in [0.2, 0.25) is 5.95 Å². The number of aliphatic hydroxyl groups is 1. The van der Waals surface area contributed by atoms with Gasteiger partial charge in [-0.1, -0.05) is 24.4 Å². The molecule has 1 aromatic heterocycles. The molecule has 0 amide bonds. The number of hydrogen-bond acceptors (Lipinski definition) is 6. The van der Waals surface area contributed by atoms with Crippen LogP contribution >= 0.6 is 11.6 Å². The molecule has 2 aromatic rings. The van der Waals surface area contributed by atoms with Gasteiger partial charge >= 0.3 is 0 Å². The Morgan fingerprint density at radius 1 is 1.30 bits per heavy atom. The number of anilines is 1. The summed E-state index contributed by atoms with van der Waals surface area (Å²) in [5, 5.41) is 13.6. The van der Waals surface area contributed by atoms with Crippen LogP contribution in [0.4, 0.5) is 16.0 Å². The summed E-state index contributed by atoms with van der Waals surface area (Å²) >= 11 is 6.41. The van der Waals surface area contributed by atoms with Gasteiger partial charge < -0.3 is 15.2 Å². The predicted octanol–water partition coefficient (Wildman–Crippen LogP) is 4.42. The molecule has 1 saturated carbocycles. The fraction of sp³-hybridized carbons (Fsp3) is 0.500. The van der Waals surface area contributed by atoms with Crippen molar-refractivity contribution in [1.82, 2.24) is 9.97 Å². The highest BCUT2D eigenvalue weighted by atomic mass is 35.5. The molecule has 1 aliphatic carbocycles. The van der Waals surface area contributed by atoms with Crippen LogP contribution in [-0.4, -0.2) is 46.1 Å². The molecule has 2 atom stereocenters. The van der Waals surface area contributed by atoms with Gasteiger partial charge in [-0.05, 0) is 43.9 Å². The summed E-state index contributed by atoms with van der Waals surface area (Å²) in [7, 11) is 0. The second-order valence-corrected chi connectivity index (χ2v) is 8.82. The first kappa shape index (κ1) is 19.8. The number of benzene rings is 1. The number of ether oxygens (including phenoxy) is 1. The number of nitrogens with one attached hydrogen (secondary N) is 1. The smallest absolute Gasteiger partial charge is 0.223 e. The van der Waals surface area contributed by atoms with E-state index in [1.165, 1.54) is 12.3 Å². The minimum atomic E-state index is -0.638. The Kier molecular flexibility index (Phi) is 5.00. The quantitative estimate of drug-likeness (QED) is 0.753. The van der Waals surface area contributed by atoms with Gasteiger partial charge in [-0.15, -0.1) is 0 Å². The minimum absolute atomic E-state index is 0.168. The lowest BCUT2D eigenvalue weighted by Crippen LogP contribution is -2.42. The molecule has 1 aromatic carbocycles. The van der Waals surface area contributed by atoms with Crippen molar-refractivity contribution >= 4 is 28.9 Å². The number of aliphatic hydroxyl groups excluding tert-OH is 1. The van der Waals surface area contributed by atoms with Crippen molar-refractivity contribution in [3.8, 4) is 11.3 Å². The highest BCUT2D eigenvalue weighted by Crippen LogP contribution is 2.52. The number of aromatic nitrogens is 2. The number of hydrogen-bond donors (Lipinski definition) is 2. The van der Waals surface area contributed by atoms with E-state index in [-0.39, 0.29) is 23.9 Å². The van der Waals surface area contributed by atoms with Crippen LogP contribution in [0, 0.1) is 5.82 Å². The summed E-state index contributed by atoms with van der Waals surface area (Å²) in [5.74, 6) is -0.000989. The summed E-state index contributed by atoms with van der Waals surface area (Å²) in [6, 6.07) is 3.23. The average Bonchev–Trinajstić information content (AvgIpc) is 3.33. The van der Waals surface area contributed by atoms with Crippen LogP contribution in [0.1, 0.15) is 44.6 Å². The summed E-state index contributed by atoms with van der Waals surface area (Å²) < 4.78 is 20.3. The van der Waals surface area contributed by atoms with Crippen molar-refractivity contribution < 1.29 is 14.2 Å². The van der Waals surface area contributed by atoms with Gasteiger partial charge in [0.1, 0.15) is 11.5 Å². The molecule has 5 rings (SSSR count). The fourth-order valence-corrected chi connectivity index (χ4v) is 5.19. The number of halogens is 2. The summed E-state index contributed by atoms with van der Waals surface area (Å²) in [4.78, 5) is 13.4. The molecule has 158 valence electrons. The first-order valence-electron chi connectivity index (χ1n) is 10.4. The van der Waals surface area contributed by atoms with E-state index in [2.05, 4.69) is 20.3 Å². The van der Waals surface area contributed by atoms with Gasteiger partial charge in [-0.25, -0.2) is 14.4 Å². The molecule has 3 aliphatic rings. The van der Waals surface area contributed by atoms with Crippen molar-refractivity contribution in [2.24, 2.45) is 4.99 Å². The van der Waals surface area contributed by atoms with Crippen molar-refractivity contribution in [2.45, 2.75) is 56.6 Å². The number of aliphatic imine (C=N–C) groups is 1. The predicted molar refractivity (Wildman–Crippen MR) is 114 cm³/mol. The van der Waals surface area contributed by atoms with Crippen LogP contribution in [0.2, 0.25) is 5.02 Å². The van der Waals surface area contributed by atoms with E-state index in [0.717, 1.165) is 37.0 Å². The molecule has 2 N–H and O–H groups in total. The molecule has 0 bridgehead atoms. The first-order chi connectivity index (χ1) is 14.5. The third-order valence-electron chi connectivity index (χ3n) is 6.67. The van der Waals surface area contributed by atoms with Gasteiger partial charge in [0, 0.05) is 23.3 Å². The topological polar surface area (TPSA) is 79.6 Å². The Morgan fingerprint density at radius 2 is 2.10 bits per heavy atom. The molecule has 1 spiro atoms. The Hall–Kier alpha value is -2.09. The largest absolute Gasteiger partial charge is 0.389 e. The van der Waals surface area contributed by atoms with Crippen LogP contribution in [0.15, 0.2) is 23.3 Å². The summed E-state index contributed by atoms with van der Waals surface area (Å²) in [6.07, 6.45) is 5.74. The third-order valence-corrected chi connectivity index (χ3v) is 6.94. The highest BCUT2D eigenvalue weighted by Gasteiger charge is 2.44. The lowest BCUT2D eigenvalue weighted by atomic mass is 9.76. The monoisotopic (exact) mass is 430 g/mol. The maximum atomic E-state index is 15.0. The Balaban J connectivity index is 1.52. The van der Waals surface area contributed by atoms with E-state index in [1.807, 2.05) is 13.0 Å². The molecular formula is C22H24ClFN4O2. The second-order valence-electron chi connectivity index (χ2n) is 8.41. The van der Waals surface area contributed by atoms with Crippen LogP contribution in [0.5, 0.6) is 0 Å². The molecule has 6 nitrogen and oxygen atoms in total. The molecule has 30 heavy (non-hydrogen) atoms. The van der Waals surface area contributed by atoms with E-state index in [0.29, 0.717) is 40.9 Å². The normalized spacial score (nSPS) is 24.7. The molecular weight excluding hydrogens is 407 g/mol. The fourth-order valence-electron chi connectivity index (χ4n) is 4.99. The molecule has 8 heteroatoms. The molecule has 1 saturated heterocycles. The van der Waals surface area contributed by atoms with E-state index in [1.54, 1.807) is 0 Å². The third kappa shape index (κ3) is 3.20. The Labute approximate surface area is 179 Å².